The lowest BCUT2D eigenvalue weighted by Gasteiger charge is -2.41. The summed E-state index contributed by atoms with van der Waals surface area (Å²) in [7, 11) is 0. The standard InChI is InChI=1S/C10H15N3O3S/c1-10(2)6-13(4-7(5-14)16-10)9(15)8-3-11-17-12-8/h3,7,14H,4-6H2,1-2H3. The molecule has 17 heavy (non-hydrogen) atoms. The maximum Gasteiger partial charge on any atom is 0.275 e. The molecule has 1 atom stereocenters. The Morgan fingerprint density at radius 1 is 1.76 bits per heavy atom. The number of aliphatic hydroxyl groups excluding tert-OH is 1. The highest BCUT2D eigenvalue weighted by atomic mass is 32.1. The van der Waals surface area contributed by atoms with E-state index < -0.39 is 5.60 Å². The van der Waals surface area contributed by atoms with Crippen LogP contribution < -0.4 is 0 Å². The highest BCUT2D eigenvalue weighted by molar-refractivity contribution is 6.99. The third-order valence-corrected chi connectivity index (χ3v) is 3.03. The average molecular weight is 257 g/mol. The van der Waals surface area contributed by atoms with Crippen LogP contribution in [0.2, 0.25) is 0 Å². The lowest BCUT2D eigenvalue weighted by atomic mass is 10.0. The zero-order valence-electron chi connectivity index (χ0n) is 9.79. The van der Waals surface area contributed by atoms with Gasteiger partial charge in [-0.3, -0.25) is 4.79 Å². The zero-order chi connectivity index (χ0) is 12.5. The van der Waals surface area contributed by atoms with E-state index in [1.807, 2.05) is 13.8 Å². The molecule has 6 nitrogen and oxygen atoms in total. The van der Waals surface area contributed by atoms with Crippen LogP contribution in [-0.2, 0) is 4.74 Å². The van der Waals surface area contributed by atoms with E-state index in [4.69, 9.17) is 9.84 Å². The summed E-state index contributed by atoms with van der Waals surface area (Å²) < 4.78 is 13.4. The molecule has 0 saturated carbocycles. The molecule has 2 heterocycles. The normalized spacial score (nSPS) is 23.7. The molecule has 94 valence electrons. The van der Waals surface area contributed by atoms with Gasteiger partial charge >= 0.3 is 0 Å². The molecule has 0 bridgehead atoms. The SMILES string of the molecule is CC1(C)CN(C(=O)c2cnsn2)CC(CO)O1. The molecule has 1 aromatic rings. The minimum Gasteiger partial charge on any atom is -0.394 e. The van der Waals surface area contributed by atoms with Crippen molar-refractivity contribution in [2.75, 3.05) is 19.7 Å². The van der Waals surface area contributed by atoms with Crippen molar-refractivity contribution in [2.45, 2.75) is 25.6 Å². The van der Waals surface area contributed by atoms with Crippen LogP contribution in [0.5, 0.6) is 0 Å². The van der Waals surface area contributed by atoms with Gasteiger partial charge in [0, 0.05) is 13.1 Å². The topological polar surface area (TPSA) is 75.6 Å². The number of hydrogen-bond donors (Lipinski definition) is 1. The van der Waals surface area contributed by atoms with E-state index in [2.05, 4.69) is 8.75 Å². The predicted molar refractivity (Wildman–Crippen MR) is 61.9 cm³/mol. The highest BCUT2D eigenvalue weighted by Crippen LogP contribution is 2.22. The van der Waals surface area contributed by atoms with Crippen LogP contribution in [0.3, 0.4) is 0 Å². The molecule has 1 aliphatic rings. The van der Waals surface area contributed by atoms with Crippen molar-refractivity contribution >= 4 is 17.6 Å². The Bertz CT molecular complexity index is 394. The van der Waals surface area contributed by atoms with Gasteiger partial charge in [0.25, 0.3) is 5.91 Å². The third-order valence-electron chi connectivity index (χ3n) is 2.55. The van der Waals surface area contributed by atoms with Crippen molar-refractivity contribution in [3.05, 3.63) is 11.9 Å². The van der Waals surface area contributed by atoms with Crippen molar-refractivity contribution in [3.8, 4) is 0 Å². The fourth-order valence-corrected chi connectivity index (χ4v) is 2.37. The molecule has 1 amide bonds. The number of aliphatic hydroxyl groups is 1. The molecule has 0 spiro atoms. The first-order valence-corrected chi connectivity index (χ1v) is 6.10. The number of rotatable bonds is 2. The van der Waals surface area contributed by atoms with Gasteiger partial charge in [-0.15, -0.1) is 0 Å². The second-order valence-electron chi connectivity index (χ2n) is 4.66. The summed E-state index contributed by atoms with van der Waals surface area (Å²) in [5.41, 5.74) is -0.102. The van der Waals surface area contributed by atoms with Gasteiger partial charge < -0.3 is 14.7 Å². The number of amides is 1. The number of hydrogen-bond acceptors (Lipinski definition) is 6. The first-order valence-electron chi connectivity index (χ1n) is 5.37. The van der Waals surface area contributed by atoms with E-state index in [0.717, 1.165) is 11.7 Å². The van der Waals surface area contributed by atoms with Crippen LogP contribution in [-0.4, -0.2) is 56.1 Å². The summed E-state index contributed by atoms with van der Waals surface area (Å²) in [5, 5.41) is 9.16. The number of carbonyl (C=O) groups is 1. The van der Waals surface area contributed by atoms with Gasteiger partial charge in [-0.2, -0.15) is 8.75 Å². The van der Waals surface area contributed by atoms with Gasteiger partial charge in [0.05, 0.1) is 36.2 Å². The molecule has 0 aromatic carbocycles. The fraction of sp³-hybridized carbons (Fsp3) is 0.700. The molecular formula is C10H15N3O3S. The summed E-state index contributed by atoms with van der Waals surface area (Å²) in [5.74, 6) is -0.159. The van der Waals surface area contributed by atoms with Gasteiger partial charge in [0.2, 0.25) is 0 Å². The number of carbonyl (C=O) groups excluding carboxylic acids is 1. The minimum atomic E-state index is -0.454. The summed E-state index contributed by atoms with van der Waals surface area (Å²) in [4.78, 5) is 13.8. The Morgan fingerprint density at radius 2 is 2.53 bits per heavy atom. The monoisotopic (exact) mass is 257 g/mol. The number of nitrogens with zero attached hydrogens (tertiary/aromatic N) is 3. The first kappa shape index (κ1) is 12.4. The highest BCUT2D eigenvalue weighted by Gasteiger charge is 2.36. The van der Waals surface area contributed by atoms with Gasteiger partial charge in [-0.25, -0.2) is 0 Å². The third kappa shape index (κ3) is 2.80. The Kier molecular flexibility index (Phi) is 3.41. The van der Waals surface area contributed by atoms with E-state index in [1.54, 1.807) is 4.90 Å². The van der Waals surface area contributed by atoms with E-state index in [9.17, 15) is 4.79 Å². The van der Waals surface area contributed by atoms with E-state index >= 15 is 0 Å². The molecule has 7 heteroatoms. The van der Waals surface area contributed by atoms with Crippen LogP contribution >= 0.6 is 11.7 Å². The van der Waals surface area contributed by atoms with E-state index in [1.165, 1.54) is 6.20 Å². The van der Waals surface area contributed by atoms with Gasteiger partial charge in [0.15, 0.2) is 5.69 Å². The molecular weight excluding hydrogens is 242 g/mol. The van der Waals surface area contributed by atoms with Crippen molar-refractivity contribution in [1.29, 1.82) is 0 Å². The molecule has 1 aromatic heterocycles. The van der Waals surface area contributed by atoms with Crippen LogP contribution in [0.4, 0.5) is 0 Å². The largest absolute Gasteiger partial charge is 0.394 e. The van der Waals surface area contributed by atoms with Crippen molar-refractivity contribution in [1.82, 2.24) is 13.6 Å². The Morgan fingerprint density at radius 3 is 3.12 bits per heavy atom. The minimum absolute atomic E-state index is 0.0947. The number of ether oxygens (including phenoxy) is 1. The van der Waals surface area contributed by atoms with E-state index in [0.29, 0.717) is 18.8 Å². The van der Waals surface area contributed by atoms with Crippen molar-refractivity contribution in [2.24, 2.45) is 0 Å². The molecule has 1 fully saturated rings. The maximum absolute atomic E-state index is 12.1. The van der Waals surface area contributed by atoms with E-state index in [-0.39, 0.29) is 18.6 Å². The van der Waals surface area contributed by atoms with Crippen LogP contribution in [0.15, 0.2) is 6.20 Å². The van der Waals surface area contributed by atoms with Gasteiger partial charge in [-0.05, 0) is 13.8 Å². The van der Waals surface area contributed by atoms with Crippen molar-refractivity contribution in [3.63, 3.8) is 0 Å². The summed E-state index contributed by atoms with van der Waals surface area (Å²) in [6.07, 6.45) is 1.12. The number of morpholine rings is 1. The van der Waals surface area contributed by atoms with Gasteiger partial charge in [-0.1, -0.05) is 0 Å². The van der Waals surface area contributed by atoms with Crippen LogP contribution in [0.1, 0.15) is 24.3 Å². The fourth-order valence-electron chi connectivity index (χ4n) is 1.97. The molecule has 0 aliphatic carbocycles. The number of aromatic nitrogens is 2. The van der Waals surface area contributed by atoms with Crippen molar-refractivity contribution < 1.29 is 14.6 Å². The summed E-state index contributed by atoms with van der Waals surface area (Å²) in [6, 6.07) is 0. The van der Waals surface area contributed by atoms with Gasteiger partial charge in [0.1, 0.15) is 0 Å². The quantitative estimate of drug-likeness (QED) is 0.816. The molecule has 1 saturated heterocycles. The second kappa shape index (κ2) is 4.67. The molecule has 0 radical (unpaired) electrons. The molecule has 2 rings (SSSR count). The second-order valence-corrected chi connectivity index (χ2v) is 5.22. The lowest BCUT2D eigenvalue weighted by molar-refractivity contribution is -0.139. The summed E-state index contributed by atoms with van der Waals surface area (Å²) >= 11 is 1.01. The molecule has 1 aliphatic heterocycles. The van der Waals surface area contributed by atoms with Crippen LogP contribution in [0.25, 0.3) is 0 Å². The predicted octanol–water partition coefficient (Wildman–Crippen LogP) is 0.150. The first-order chi connectivity index (χ1) is 8.02. The average Bonchev–Trinajstić information content (AvgIpc) is 2.79. The maximum atomic E-state index is 12.1. The smallest absolute Gasteiger partial charge is 0.275 e. The molecule has 1 unspecified atom stereocenters. The zero-order valence-corrected chi connectivity index (χ0v) is 10.6. The Balaban J connectivity index is 2.12. The lowest BCUT2D eigenvalue weighted by Crippen LogP contribution is -2.55. The van der Waals surface area contributed by atoms with Crippen LogP contribution in [0, 0.1) is 0 Å². The Labute approximate surface area is 104 Å². The summed E-state index contributed by atoms with van der Waals surface area (Å²) in [6.45, 7) is 4.57. The molecule has 1 N–H and O–H groups in total. The Hall–Kier alpha value is -1.05.